The summed E-state index contributed by atoms with van der Waals surface area (Å²) in [5.74, 6) is 0.647. The number of hydrogen-bond acceptors (Lipinski definition) is 6. The Kier molecular flexibility index (Phi) is 5.20. The van der Waals surface area contributed by atoms with Crippen LogP contribution in [0.1, 0.15) is 6.42 Å². The van der Waals surface area contributed by atoms with Gasteiger partial charge in [0.1, 0.15) is 21.8 Å². The van der Waals surface area contributed by atoms with Crippen LogP contribution in [0.4, 0.5) is 10.5 Å². The number of amides is 3. The highest BCUT2D eigenvalue weighted by molar-refractivity contribution is 7.91. The first-order valence-electron chi connectivity index (χ1n) is 9.98. The number of fused-ring (bicyclic) bond motifs is 1. The summed E-state index contributed by atoms with van der Waals surface area (Å²) in [6.07, 6.45) is 0.379. The Morgan fingerprint density at radius 3 is 2.34 bits per heavy atom. The minimum atomic E-state index is -3.83. The smallest absolute Gasteiger partial charge is 0.329 e. The van der Waals surface area contributed by atoms with Crippen LogP contribution in [0.15, 0.2) is 76.3 Å². The van der Waals surface area contributed by atoms with E-state index in [0.29, 0.717) is 23.6 Å². The van der Waals surface area contributed by atoms with E-state index in [4.69, 9.17) is 4.74 Å². The molecule has 3 aromatic rings. The second-order valence-electron chi connectivity index (χ2n) is 7.42. The summed E-state index contributed by atoms with van der Waals surface area (Å²) in [6.45, 7) is 0.166. The van der Waals surface area contributed by atoms with Gasteiger partial charge in [-0.25, -0.2) is 18.1 Å². The molecule has 1 aromatic heterocycles. The number of nitrogens with zero attached hydrogens (tertiary/aromatic N) is 2. The average molecular weight is 470 g/mol. The second kappa shape index (κ2) is 8.05. The van der Waals surface area contributed by atoms with Gasteiger partial charge in [0.15, 0.2) is 0 Å². The normalized spacial score (nSPS) is 21.3. The summed E-state index contributed by atoms with van der Waals surface area (Å²) >= 11 is 1.10. The van der Waals surface area contributed by atoms with Crippen molar-refractivity contribution in [3.05, 3.63) is 72.1 Å². The molecule has 1 N–H and O–H groups in total. The Balaban J connectivity index is 1.40. The molecular weight excluding hydrogens is 450 g/mol. The molecule has 0 aliphatic carbocycles. The number of carbonyl (C=O) groups is 2. The van der Waals surface area contributed by atoms with Crippen molar-refractivity contribution in [3.8, 4) is 11.5 Å². The van der Waals surface area contributed by atoms with Crippen LogP contribution in [0.3, 0.4) is 0 Å². The molecule has 0 saturated carbocycles. The van der Waals surface area contributed by atoms with Gasteiger partial charge in [0.2, 0.25) is 0 Å². The number of imide groups is 1. The molecule has 3 heterocycles. The number of para-hydroxylation sites is 1. The van der Waals surface area contributed by atoms with Crippen molar-refractivity contribution >= 4 is 39.0 Å². The number of hydrogen-bond donors (Lipinski definition) is 1. The highest BCUT2D eigenvalue weighted by Crippen LogP contribution is 2.34. The fraction of sp³-hybridized carbons (Fsp3) is 0.182. The minimum absolute atomic E-state index is 0.166. The van der Waals surface area contributed by atoms with Gasteiger partial charge in [-0.3, -0.25) is 4.79 Å². The van der Waals surface area contributed by atoms with Crippen LogP contribution in [0.25, 0.3) is 0 Å². The Morgan fingerprint density at radius 2 is 1.66 bits per heavy atom. The van der Waals surface area contributed by atoms with Crippen molar-refractivity contribution in [3.63, 3.8) is 0 Å². The van der Waals surface area contributed by atoms with Gasteiger partial charge >= 0.3 is 6.03 Å². The molecule has 0 unspecified atom stereocenters. The van der Waals surface area contributed by atoms with Gasteiger partial charge in [0, 0.05) is 6.54 Å². The van der Waals surface area contributed by atoms with Crippen molar-refractivity contribution < 1.29 is 22.7 Å². The number of carbonyl (C=O) groups excluding carboxylic acids is 2. The van der Waals surface area contributed by atoms with Gasteiger partial charge in [0.05, 0.1) is 11.7 Å². The Bertz CT molecular complexity index is 1240. The second-order valence-corrected chi connectivity index (χ2v) is 10.5. The number of benzene rings is 2. The fourth-order valence-corrected chi connectivity index (χ4v) is 6.75. The third-order valence-electron chi connectivity index (χ3n) is 5.47. The molecule has 2 saturated heterocycles. The Labute approximate surface area is 189 Å². The summed E-state index contributed by atoms with van der Waals surface area (Å²) < 4.78 is 33.3. The number of rotatable bonds is 5. The van der Waals surface area contributed by atoms with Crippen molar-refractivity contribution in [2.24, 2.45) is 0 Å². The predicted octanol–water partition coefficient (Wildman–Crippen LogP) is 3.43. The van der Waals surface area contributed by atoms with Gasteiger partial charge in [0.25, 0.3) is 15.9 Å². The molecule has 2 aromatic carbocycles. The summed E-state index contributed by atoms with van der Waals surface area (Å²) in [6, 6.07) is 16.8. The van der Waals surface area contributed by atoms with Gasteiger partial charge in [-0.1, -0.05) is 24.3 Å². The lowest BCUT2D eigenvalue weighted by molar-refractivity contribution is -0.122. The molecule has 0 radical (unpaired) electrons. The van der Waals surface area contributed by atoms with Crippen molar-refractivity contribution in [2.75, 3.05) is 11.4 Å². The van der Waals surface area contributed by atoms with Crippen LogP contribution >= 0.6 is 11.3 Å². The lowest BCUT2D eigenvalue weighted by Crippen LogP contribution is -2.64. The third kappa shape index (κ3) is 3.56. The van der Waals surface area contributed by atoms with E-state index >= 15 is 0 Å². The number of anilines is 1. The van der Waals surface area contributed by atoms with E-state index < -0.39 is 34.0 Å². The molecule has 0 spiro atoms. The molecular formula is C22H19N3O5S2. The van der Waals surface area contributed by atoms with Crippen LogP contribution in [0.2, 0.25) is 0 Å². The molecule has 8 nitrogen and oxygen atoms in total. The van der Waals surface area contributed by atoms with Crippen molar-refractivity contribution in [2.45, 2.75) is 22.7 Å². The Morgan fingerprint density at radius 1 is 0.938 bits per heavy atom. The molecule has 2 aliphatic rings. The highest BCUT2D eigenvalue weighted by atomic mass is 32.2. The molecule has 164 valence electrons. The van der Waals surface area contributed by atoms with E-state index in [1.165, 1.54) is 10.4 Å². The van der Waals surface area contributed by atoms with Crippen LogP contribution < -0.4 is 15.0 Å². The lowest BCUT2D eigenvalue weighted by Gasteiger charge is -2.36. The molecule has 2 aliphatic heterocycles. The number of urea groups is 1. The molecule has 2 atom stereocenters. The van der Waals surface area contributed by atoms with E-state index in [2.05, 4.69) is 5.32 Å². The highest BCUT2D eigenvalue weighted by Gasteiger charge is 2.52. The standard InChI is InChI=1S/C22H19N3O5S2/c26-21-20-18(12-13-24(20)32(28,29)19-7-4-14-31-19)23-22(27)25(21)15-8-10-17(11-9-15)30-16-5-2-1-3-6-16/h1-11,14,18,20H,12-13H2,(H,23,27)/t18-,20+/m1/s1. The number of thiophene rings is 1. The van der Waals surface area contributed by atoms with E-state index in [-0.39, 0.29) is 10.8 Å². The minimum Gasteiger partial charge on any atom is -0.457 e. The predicted molar refractivity (Wildman–Crippen MR) is 119 cm³/mol. The van der Waals surface area contributed by atoms with E-state index in [1.54, 1.807) is 35.7 Å². The maximum atomic E-state index is 13.4. The molecule has 32 heavy (non-hydrogen) atoms. The summed E-state index contributed by atoms with van der Waals surface area (Å²) in [5, 5.41) is 4.47. The summed E-state index contributed by atoms with van der Waals surface area (Å²) in [4.78, 5) is 27.1. The Hall–Kier alpha value is -3.21. The molecule has 3 amide bonds. The van der Waals surface area contributed by atoms with E-state index in [0.717, 1.165) is 16.2 Å². The zero-order valence-electron chi connectivity index (χ0n) is 16.7. The van der Waals surface area contributed by atoms with Crippen LogP contribution in [-0.4, -0.2) is 43.3 Å². The first-order chi connectivity index (χ1) is 15.4. The van der Waals surface area contributed by atoms with Crippen molar-refractivity contribution in [1.29, 1.82) is 0 Å². The zero-order chi connectivity index (χ0) is 22.3. The largest absolute Gasteiger partial charge is 0.457 e. The first kappa shape index (κ1) is 20.7. The number of ether oxygens (including phenoxy) is 1. The first-order valence-corrected chi connectivity index (χ1v) is 12.3. The maximum absolute atomic E-state index is 13.4. The molecule has 10 heteroatoms. The average Bonchev–Trinajstić information content (AvgIpc) is 3.47. The number of nitrogens with one attached hydrogen (secondary N) is 1. The fourth-order valence-electron chi connectivity index (χ4n) is 3.99. The molecule has 0 bridgehead atoms. The molecule has 5 rings (SSSR count). The van der Waals surface area contributed by atoms with Gasteiger partial charge in [-0.2, -0.15) is 4.31 Å². The SMILES string of the molecule is O=C1N[C@@H]2CCN(S(=O)(=O)c3cccs3)[C@@H]2C(=O)N1c1ccc(Oc2ccccc2)cc1. The van der Waals surface area contributed by atoms with Gasteiger partial charge < -0.3 is 10.1 Å². The third-order valence-corrected chi connectivity index (χ3v) is 8.72. The summed E-state index contributed by atoms with van der Waals surface area (Å²) in [5.41, 5.74) is 0.340. The number of sulfonamides is 1. The zero-order valence-corrected chi connectivity index (χ0v) is 18.4. The summed E-state index contributed by atoms with van der Waals surface area (Å²) in [7, 11) is -3.83. The maximum Gasteiger partial charge on any atom is 0.329 e. The topological polar surface area (TPSA) is 96.0 Å². The van der Waals surface area contributed by atoms with Crippen LogP contribution in [-0.2, 0) is 14.8 Å². The van der Waals surface area contributed by atoms with Crippen molar-refractivity contribution in [1.82, 2.24) is 9.62 Å². The van der Waals surface area contributed by atoms with Crippen LogP contribution in [0, 0.1) is 0 Å². The lowest BCUT2D eigenvalue weighted by atomic mass is 10.1. The van der Waals surface area contributed by atoms with Gasteiger partial charge in [-0.05, 0) is 54.3 Å². The van der Waals surface area contributed by atoms with E-state index in [1.807, 2.05) is 30.3 Å². The van der Waals surface area contributed by atoms with E-state index in [9.17, 15) is 18.0 Å². The van der Waals surface area contributed by atoms with Gasteiger partial charge in [-0.15, -0.1) is 11.3 Å². The quantitative estimate of drug-likeness (QED) is 0.618. The van der Waals surface area contributed by atoms with Crippen LogP contribution in [0.5, 0.6) is 11.5 Å². The monoisotopic (exact) mass is 469 g/mol. The molecule has 2 fully saturated rings.